The van der Waals surface area contributed by atoms with Crippen LogP contribution < -0.4 is 16.4 Å². The van der Waals surface area contributed by atoms with Crippen molar-refractivity contribution in [2.45, 2.75) is 13.1 Å². The predicted octanol–water partition coefficient (Wildman–Crippen LogP) is 0.889. The van der Waals surface area contributed by atoms with Crippen LogP contribution in [0.2, 0.25) is 0 Å². The molecule has 7 heteroatoms. The highest BCUT2D eigenvalue weighted by atomic mass is 16.2. The minimum atomic E-state index is -0.697. The molecule has 0 radical (unpaired) electrons. The van der Waals surface area contributed by atoms with Crippen LogP contribution in [0.4, 0.5) is 0 Å². The highest BCUT2D eigenvalue weighted by Gasteiger charge is 2.15. The first-order chi connectivity index (χ1) is 13.5. The summed E-state index contributed by atoms with van der Waals surface area (Å²) in [5.74, 6) is -0.297. The molecule has 1 heterocycles. The first kappa shape index (κ1) is 19.6. The summed E-state index contributed by atoms with van der Waals surface area (Å²) < 4.78 is 2.72. The zero-order valence-corrected chi connectivity index (χ0v) is 16.1. The first-order valence-electron chi connectivity index (χ1n) is 9.15. The molecular weight excluding hydrogens is 356 g/mol. The zero-order valence-electron chi connectivity index (χ0n) is 16.1. The predicted molar refractivity (Wildman–Crippen MR) is 110 cm³/mol. The van der Waals surface area contributed by atoms with Crippen LogP contribution in [-0.2, 0) is 17.9 Å². The van der Waals surface area contributed by atoms with E-state index in [1.165, 1.54) is 9.13 Å². The van der Waals surface area contributed by atoms with E-state index < -0.39 is 11.1 Å². The van der Waals surface area contributed by atoms with Gasteiger partial charge in [-0.3, -0.25) is 23.5 Å². The minimum Gasteiger partial charge on any atom is -0.353 e. The second-order valence-corrected chi connectivity index (χ2v) is 6.91. The largest absolute Gasteiger partial charge is 0.353 e. The van der Waals surface area contributed by atoms with E-state index in [0.717, 1.165) is 5.56 Å². The van der Waals surface area contributed by atoms with Crippen LogP contribution in [0.15, 0.2) is 64.2 Å². The van der Waals surface area contributed by atoms with E-state index >= 15 is 0 Å². The number of para-hydroxylation sites is 2. The molecule has 0 bridgehead atoms. The number of hydrogen-bond acceptors (Lipinski definition) is 4. The topological polar surface area (TPSA) is 76.3 Å². The molecule has 0 saturated heterocycles. The summed E-state index contributed by atoms with van der Waals surface area (Å²) in [5, 5.41) is 2.78. The summed E-state index contributed by atoms with van der Waals surface area (Å²) in [5.41, 5.74) is 0.775. The van der Waals surface area contributed by atoms with E-state index in [2.05, 4.69) is 5.32 Å². The van der Waals surface area contributed by atoms with Crippen molar-refractivity contribution in [3.63, 3.8) is 0 Å². The fourth-order valence-corrected chi connectivity index (χ4v) is 3.07. The lowest BCUT2D eigenvalue weighted by atomic mass is 10.2. The molecule has 146 valence electrons. The van der Waals surface area contributed by atoms with Gasteiger partial charge in [-0.05, 0) is 31.8 Å². The van der Waals surface area contributed by atoms with Crippen LogP contribution >= 0.6 is 0 Å². The maximum atomic E-state index is 12.8. The van der Waals surface area contributed by atoms with Crippen molar-refractivity contribution in [3.8, 4) is 0 Å². The van der Waals surface area contributed by atoms with Crippen LogP contribution in [-0.4, -0.2) is 47.1 Å². The molecule has 0 fully saturated rings. The van der Waals surface area contributed by atoms with Crippen molar-refractivity contribution in [2.24, 2.45) is 0 Å². The quantitative estimate of drug-likeness (QED) is 0.618. The van der Waals surface area contributed by atoms with Crippen LogP contribution in [0.5, 0.6) is 0 Å². The smallest absolute Gasteiger partial charge is 0.317 e. The molecule has 0 unspecified atom stereocenters. The van der Waals surface area contributed by atoms with Gasteiger partial charge in [0.1, 0.15) is 6.54 Å². The average Bonchev–Trinajstić information content (AvgIpc) is 2.69. The summed E-state index contributed by atoms with van der Waals surface area (Å²) in [6.07, 6.45) is 0. The Kier molecular flexibility index (Phi) is 6.06. The third kappa shape index (κ3) is 4.37. The van der Waals surface area contributed by atoms with Crippen molar-refractivity contribution < 1.29 is 4.79 Å². The van der Waals surface area contributed by atoms with Crippen LogP contribution in [0.25, 0.3) is 11.0 Å². The molecule has 2 aromatic carbocycles. The Morgan fingerprint density at radius 1 is 0.893 bits per heavy atom. The van der Waals surface area contributed by atoms with Gasteiger partial charge in [-0.15, -0.1) is 0 Å². The minimum absolute atomic E-state index is 0.186. The SMILES string of the molecule is CN(C)CCNC(=O)Cn1c(=O)c(=O)n(Cc2ccccc2)c2ccccc21. The number of fused-ring (bicyclic) bond motifs is 1. The van der Waals surface area contributed by atoms with E-state index in [0.29, 0.717) is 30.7 Å². The molecule has 0 aliphatic carbocycles. The molecule has 3 rings (SSSR count). The van der Waals surface area contributed by atoms with E-state index in [-0.39, 0.29) is 12.5 Å². The van der Waals surface area contributed by atoms with E-state index in [1.807, 2.05) is 55.4 Å². The van der Waals surface area contributed by atoms with Crippen molar-refractivity contribution in [1.82, 2.24) is 19.4 Å². The van der Waals surface area contributed by atoms with Gasteiger partial charge in [-0.25, -0.2) is 0 Å². The lowest BCUT2D eigenvalue weighted by Gasteiger charge is -2.15. The first-order valence-corrected chi connectivity index (χ1v) is 9.15. The third-order valence-corrected chi connectivity index (χ3v) is 4.50. The zero-order chi connectivity index (χ0) is 20.1. The Morgan fingerprint density at radius 2 is 1.46 bits per heavy atom. The van der Waals surface area contributed by atoms with Gasteiger partial charge in [0, 0.05) is 13.1 Å². The lowest BCUT2D eigenvalue weighted by Crippen LogP contribution is -2.44. The monoisotopic (exact) mass is 380 g/mol. The number of aromatic nitrogens is 2. The van der Waals surface area contributed by atoms with Crippen LogP contribution in [0, 0.1) is 0 Å². The summed E-state index contributed by atoms with van der Waals surface area (Å²) in [4.78, 5) is 39.8. The number of rotatable bonds is 7. The molecule has 0 atom stereocenters. The summed E-state index contributed by atoms with van der Waals surface area (Å²) in [6.45, 7) is 1.28. The standard InChI is InChI=1S/C21H24N4O3/c1-23(2)13-12-22-19(26)15-25-18-11-7-6-10-17(18)24(20(27)21(25)28)14-16-8-4-3-5-9-16/h3-11H,12-15H2,1-2H3,(H,22,26). The van der Waals surface area contributed by atoms with Gasteiger partial charge in [0.05, 0.1) is 17.6 Å². The Labute approximate surface area is 162 Å². The Balaban J connectivity index is 1.98. The fourth-order valence-electron chi connectivity index (χ4n) is 3.07. The van der Waals surface area contributed by atoms with Crippen molar-refractivity contribution in [3.05, 3.63) is 80.9 Å². The Bertz CT molecular complexity index is 1080. The van der Waals surface area contributed by atoms with Gasteiger partial charge in [-0.2, -0.15) is 0 Å². The number of nitrogens with zero attached hydrogens (tertiary/aromatic N) is 3. The lowest BCUT2D eigenvalue weighted by molar-refractivity contribution is -0.121. The highest BCUT2D eigenvalue weighted by molar-refractivity contribution is 5.80. The van der Waals surface area contributed by atoms with E-state index in [9.17, 15) is 14.4 Å². The number of hydrogen-bond donors (Lipinski definition) is 1. The molecule has 0 spiro atoms. The summed E-state index contributed by atoms with van der Waals surface area (Å²) in [6, 6.07) is 16.6. The number of nitrogens with one attached hydrogen (secondary N) is 1. The number of carbonyl (C=O) groups is 1. The Morgan fingerprint density at radius 3 is 2.11 bits per heavy atom. The molecule has 0 aliphatic rings. The van der Waals surface area contributed by atoms with Crippen molar-refractivity contribution >= 4 is 16.9 Å². The molecule has 1 aromatic heterocycles. The number of likely N-dealkylation sites (N-methyl/N-ethyl adjacent to an activating group) is 1. The molecule has 0 aliphatic heterocycles. The average molecular weight is 380 g/mol. The number of carbonyl (C=O) groups excluding carboxylic acids is 1. The summed E-state index contributed by atoms with van der Waals surface area (Å²) in [7, 11) is 3.83. The molecule has 1 amide bonds. The normalized spacial score (nSPS) is 11.1. The van der Waals surface area contributed by atoms with Crippen molar-refractivity contribution in [2.75, 3.05) is 27.2 Å². The summed E-state index contributed by atoms with van der Waals surface area (Å²) >= 11 is 0. The highest BCUT2D eigenvalue weighted by Crippen LogP contribution is 2.12. The second kappa shape index (κ2) is 8.67. The third-order valence-electron chi connectivity index (χ3n) is 4.50. The van der Waals surface area contributed by atoms with Crippen LogP contribution in [0.1, 0.15) is 5.56 Å². The van der Waals surface area contributed by atoms with Crippen LogP contribution in [0.3, 0.4) is 0 Å². The Hall–Kier alpha value is -3.19. The van der Waals surface area contributed by atoms with Gasteiger partial charge < -0.3 is 10.2 Å². The van der Waals surface area contributed by atoms with Crippen molar-refractivity contribution in [1.29, 1.82) is 0 Å². The molecule has 1 N–H and O–H groups in total. The number of benzene rings is 2. The maximum absolute atomic E-state index is 12.8. The van der Waals surface area contributed by atoms with Gasteiger partial charge in [0.25, 0.3) is 0 Å². The molecule has 3 aromatic rings. The van der Waals surface area contributed by atoms with E-state index in [4.69, 9.17) is 0 Å². The molecule has 7 nitrogen and oxygen atoms in total. The second-order valence-electron chi connectivity index (χ2n) is 6.91. The van der Waals surface area contributed by atoms with Gasteiger partial charge >= 0.3 is 11.1 Å². The molecular formula is C21H24N4O3. The molecule has 0 saturated carbocycles. The maximum Gasteiger partial charge on any atom is 0.317 e. The molecule has 28 heavy (non-hydrogen) atoms. The van der Waals surface area contributed by atoms with Gasteiger partial charge in [0.15, 0.2) is 0 Å². The number of amides is 1. The fraction of sp³-hybridized carbons (Fsp3) is 0.286. The van der Waals surface area contributed by atoms with E-state index in [1.54, 1.807) is 18.2 Å². The van der Waals surface area contributed by atoms with Gasteiger partial charge in [-0.1, -0.05) is 42.5 Å². The van der Waals surface area contributed by atoms with Gasteiger partial charge in [0.2, 0.25) is 5.91 Å².